The average molecular weight is 301 g/mol. The molecule has 2 aromatic rings. The van der Waals surface area contributed by atoms with Crippen LogP contribution in [0.2, 0.25) is 0 Å². The highest BCUT2D eigenvalue weighted by atomic mass is 32.2. The molecular weight excluding hydrogens is 286 g/mol. The summed E-state index contributed by atoms with van der Waals surface area (Å²) in [7, 11) is -3.72. The second-order valence-electron chi connectivity index (χ2n) is 4.58. The summed E-state index contributed by atoms with van der Waals surface area (Å²) in [6.07, 6.45) is 4.02. The van der Waals surface area contributed by atoms with Crippen LogP contribution in [0.4, 0.5) is 5.69 Å². The number of terminal acetylenes is 1. The SMILES string of the molecule is C#CC(O)c1ccccc1NS(=O)(=O)c1ccc(C)cc1. The molecule has 2 rings (SSSR count). The number of benzene rings is 2. The Bertz CT molecular complexity index is 774. The van der Waals surface area contributed by atoms with Crippen LogP contribution in [-0.4, -0.2) is 13.5 Å². The number of hydrogen-bond acceptors (Lipinski definition) is 3. The van der Waals surface area contributed by atoms with Crippen LogP contribution >= 0.6 is 0 Å². The molecule has 21 heavy (non-hydrogen) atoms. The third kappa shape index (κ3) is 3.43. The summed E-state index contributed by atoms with van der Waals surface area (Å²) >= 11 is 0. The van der Waals surface area contributed by atoms with Crippen LogP contribution in [0.15, 0.2) is 53.4 Å². The molecule has 0 amide bonds. The van der Waals surface area contributed by atoms with Crippen LogP contribution in [0.25, 0.3) is 0 Å². The molecule has 108 valence electrons. The van der Waals surface area contributed by atoms with Gasteiger partial charge in [-0.3, -0.25) is 4.72 Å². The van der Waals surface area contributed by atoms with Crippen LogP contribution in [0.1, 0.15) is 17.2 Å². The van der Waals surface area contributed by atoms with Gasteiger partial charge in [-0.15, -0.1) is 6.42 Å². The van der Waals surface area contributed by atoms with Crippen molar-refractivity contribution >= 4 is 15.7 Å². The monoisotopic (exact) mass is 301 g/mol. The molecule has 2 aromatic carbocycles. The molecule has 0 aliphatic carbocycles. The highest BCUT2D eigenvalue weighted by molar-refractivity contribution is 7.92. The molecule has 0 bridgehead atoms. The van der Waals surface area contributed by atoms with E-state index in [1.807, 2.05) is 6.92 Å². The van der Waals surface area contributed by atoms with E-state index in [4.69, 9.17) is 6.42 Å². The van der Waals surface area contributed by atoms with Crippen molar-refractivity contribution in [3.8, 4) is 12.3 Å². The Balaban J connectivity index is 2.38. The van der Waals surface area contributed by atoms with E-state index in [-0.39, 0.29) is 10.6 Å². The van der Waals surface area contributed by atoms with E-state index < -0.39 is 16.1 Å². The van der Waals surface area contributed by atoms with Gasteiger partial charge in [-0.2, -0.15) is 0 Å². The van der Waals surface area contributed by atoms with Gasteiger partial charge in [0.15, 0.2) is 0 Å². The van der Waals surface area contributed by atoms with Gasteiger partial charge in [-0.05, 0) is 25.1 Å². The van der Waals surface area contributed by atoms with Crippen molar-refractivity contribution < 1.29 is 13.5 Å². The molecule has 0 fully saturated rings. The molecule has 0 saturated carbocycles. The Labute approximate surface area is 124 Å². The smallest absolute Gasteiger partial charge is 0.261 e. The van der Waals surface area contributed by atoms with Crippen molar-refractivity contribution in [1.29, 1.82) is 0 Å². The molecule has 0 radical (unpaired) electrons. The summed E-state index contributed by atoms with van der Waals surface area (Å²) in [4.78, 5) is 0.151. The van der Waals surface area contributed by atoms with Crippen LogP contribution in [0.5, 0.6) is 0 Å². The first-order valence-corrected chi connectivity index (χ1v) is 7.75. The Morgan fingerprint density at radius 1 is 1.14 bits per heavy atom. The van der Waals surface area contributed by atoms with Gasteiger partial charge >= 0.3 is 0 Å². The minimum Gasteiger partial charge on any atom is -0.376 e. The summed E-state index contributed by atoms with van der Waals surface area (Å²) in [6, 6.07) is 13.0. The lowest BCUT2D eigenvalue weighted by molar-refractivity contribution is 0.239. The molecule has 1 atom stereocenters. The zero-order valence-corrected chi connectivity index (χ0v) is 12.3. The average Bonchev–Trinajstić information content (AvgIpc) is 2.47. The van der Waals surface area contributed by atoms with Crippen molar-refractivity contribution in [1.82, 2.24) is 0 Å². The van der Waals surface area contributed by atoms with E-state index in [2.05, 4.69) is 10.6 Å². The predicted octanol–water partition coefficient (Wildman–Crippen LogP) is 2.46. The van der Waals surface area contributed by atoms with E-state index in [0.29, 0.717) is 5.56 Å². The third-order valence-corrected chi connectivity index (χ3v) is 4.37. The summed E-state index contributed by atoms with van der Waals surface area (Å²) < 4.78 is 27.1. The van der Waals surface area contributed by atoms with Crippen molar-refractivity contribution in [2.24, 2.45) is 0 Å². The van der Waals surface area contributed by atoms with E-state index >= 15 is 0 Å². The molecule has 0 aromatic heterocycles. The minimum atomic E-state index is -3.72. The Kier molecular flexibility index (Phi) is 4.32. The van der Waals surface area contributed by atoms with Crippen LogP contribution in [0.3, 0.4) is 0 Å². The maximum absolute atomic E-state index is 12.3. The second-order valence-corrected chi connectivity index (χ2v) is 6.26. The highest BCUT2D eigenvalue weighted by Gasteiger charge is 2.17. The first kappa shape index (κ1) is 15.1. The summed E-state index contributed by atoms with van der Waals surface area (Å²) in [6.45, 7) is 1.88. The zero-order valence-electron chi connectivity index (χ0n) is 11.4. The molecular formula is C16H15NO3S. The van der Waals surface area contributed by atoms with Crippen LogP contribution in [0, 0.1) is 19.3 Å². The topological polar surface area (TPSA) is 66.4 Å². The van der Waals surface area contributed by atoms with Gasteiger partial charge in [0.1, 0.15) is 6.10 Å². The molecule has 2 N–H and O–H groups in total. The van der Waals surface area contributed by atoms with Crippen LogP contribution in [-0.2, 0) is 10.0 Å². The standard InChI is InChI=1S/C16H15NO3S/c1-3-16(18)14-6-4-5-7-15(14)17-21(19,20)13-10-8-12(2)9-11-13/h1,4-11,16-18H,2H3. The Hall–Kier alpha value is -2.29. The van der Waals surface area contributed by atoms with E-state index in [1.54, 1.807) is 36.4 Å². The fourth-order valence-corrected chi connectivity index (χ4v) is 2.93. The predicted molar refractivity (Wildman–Crippen MR) is 82.2 cm³/mol. The van der Waals surface area contributed by atoms with Crippen molar-refractivity contribution in [2.75, 3.05) is 4.72 Å². The van der Waals surface area contributed by atoms with E-state index in [0.717, 1.165) is 5.56 Å². The highest BCUT2D eigenvalue weighted by Crippen LogP contribution is 2.25. The van der Waals surface area contributed by atoms with Gasteiger partial charge in [-0.1, -0.05) is 41.8 Å². The first-order chi connectivity index (χ1) is 9.94. The lowest BCUT2D eigenvalue weighted by Gasteiger charge is -2.14. The Morgan fingerprint density at radius 2 is 1.76 bits per heavy atom. The number of anilines is 1. The van der Waals surface area contributed by atoms with Crippen molar-refractivity contribution in [3.05, 3.63) is 59.7 Å². The molecule has 4 nitrogen and oxygen atoms in total. The van der Waals surface area contributed by atoms with E-state index in [9.17, 15) is 13.5 Å². The van der Waals surface area contributed by atoms with E-state index in [1.165, 1.54) is 12.1 Å². The van der Waals surface area contributed by atoms with Gasteiger partial charge in [0.2, 0.25) is 0 Å². The largest absolute Gasteiger partial charge is 0.376 e. The van der Waals surface area contributed by atoms with Gasteiger partial charge < -0.3 is 5.11 Å². The number of aliphatic hydroxyl groups excluding tert-OH is 1. The van der Waals surface area contributed by atoms with Gasteiger partial charge in [0.25, 0.3) is 10.0 Å². The van der Waals surface area contributed by atoms with Gasteiger partial charge in [0.05, 0.1) is 10.6 Å². The number of rotatable bonds is 4. The first-order valence-electron chi connectivity index (χ1n) is 6.26. The molecule has 1 unspecified atom stereocenters. The molecule has 0 aliphatic rings. The number of aryl methyl sites for hydroxylation is 1. The number of para-hydroxylation sites is 1. The summed E-state index contributed by atoms with van der Waals surface area (Å²) in [5.74, 6) is 2.18. The number of hydrogen-bond donors (Lipinski definition) is 2. The number of sulfonamides is 1. The maximum Gasteiger partial charge on any atom is 0.261 e. The molecule has 0 saturated heterocycles. The molecule has 0 spiro atoms. The quantitative estimate of drug-likeness (QED) is 0.853. The maximum atomic E-state index is 12.3. The van der Waals surface area contributed by atoms with Gasteiger partial charge in [0, 0.05) is 5.56 Å². The summed E-state index contributed by atoms with van der Waals surface area (Å²) in [5.41, 5.74) is 1.58. The Morgan fingerprint density at radius 3 is 2.38 bits per heavy atom. The van der Waals surface area contributed by atoms with Crippen molar-refractivity contribution in [2.45, 2.75) is 17.9 Å². The molecule has 5 heteroatoms. The second kappa shape index (κ2) is 6.00. The third-order valence-electron chi connectivity index (χ3n) is 2.99. The van der Waals surface area contributed by atoms with Crippen molar-refractivity contribution in [3.63, 3.8) is 0 Å². The minimum absolute atomic E-state index is 0.151. The van der Waals surface area contributed by atoms with Crippen LogP contribution < -0.4 is 4.72 Å². The lowest BCUT2D eigenvalue weighted by Crippen LogP contribution is -2.15. The lowest BCUT2D eigenvalue weighted by atomic mass is 10.1. The summed E-state index contributed by atoms with van der Waals surface area (Å²) in [5, 5.41) is 9.74. The molecule has 0 aliphatic heterocycles. The number of nitrogens with one attached hydrogen (secondary N) is 1. The number of aliphatic hydroxyl groups is 1. The zero-order chi connectivity index (χ0) is 15.5. The molecule has 0 heterocycles. The fraction of sp³-hybridized carbons (Fsp3) is 0.125. The fourth-order valence-electron chi connectivity index (χ4n) is 1.84. The normalized spacial score (nSPS) is 12.4. The van der Waals surface area contributed by atoms with Gasteiger partial charge in [-0.25, -0.2) is 8.42 Å².